The zero-order valence-electron chi connectivity index (χ0n) is 5.46. The molecule has 1 saturated heterocycles. The molecular weight excluding hydrogens is 118 g/mol. The Morgan fingerprint density at radius 3 is 2.78 bits per heavy atom. The van der Waals surface area contributed by atoms with Crippen LogP contribution in [0.25, 0.3) is 0 Å². The van der Waals surface area contributed by atoms with Crippen molar-refractivity contribution >= 4 is 5.78 Å². The van der Waals surface area contributed by atoms with Crippen molar-refractivity contribution in [2.75, 3.05) is 6.61 Å². The fourth-order valence-electron chi connectivity index (χ4n) is 0.968. The summed E-state index contributed by atoms with van der Waals surface area (Å²) >= 11 is 0. The van der Waals surface area contributed by atoms with E-state index in [0.717, 1.165) is 6.42 Å². The van der Waals surface area contributed by atoms with Crippen LogP contribution >= 0.6 is 0 Å². The van der Waals surface area contributed by atoms with Crippen LogP contribution in [0, 0.1) is 0 Å². The fourth-order valence-corrected chi connectivity index (χ4v) is 0.968. The van der Waals surface area contributed by atoms with Crippen molar-refractivity contribution in [1.82, 2.24) is 0 Å². The fraction of sp³-hybridized carbons (Fsp3) is 0.833. The van der Waals surface area contributed by atoms with Crippen LogP contribution in [0.4, 0.5) is 0 Å². The molecule has 2 N–H and O–H groups in total. The monoisotopic (exact) mass is 129 g/mol. The number of Topliss-reactive ketones (excluding diaryl/α,β-unsaturated/α-hetero) is 1. The Hall–Kier alpha value is -0.410. The molecule has 0 saturated carbocycles. The molecule has 0 radical (unpaired) electrons. The number of ether oxygens (including phenoxy) is 1. The Labute approximate surface area is 54.2 Å². The van der Waals surface area contributed by atoms with Crippen LogP contribution < -0.4 is 5.73 Å². The summed E-state index contributed by atoms with van der Waals surface area (Å²) in [6.07, 6.45) is 0.796. The van der Waals surface area contributed by atoms with E-state index in [1.807, 2.05) is 6.92 Å². The summed E-state index contributed by atoms with van der Waals surface area (Å²) in [4.78, 5) is 10.7. The molecule has 2 atom stereocenters. The standard InChI is InChI=1S/C6H11NO2/c1-2-5-6(7)4(8)3-9-5/h5-6H,2-3,7H2,1H3. The van der Waals surface area contributed by atoms with Crippen LogP contribution in [0.15, 0.2) is 0 Å². The van der Waals surface area contributed by atoms with Gasteiger partial charge in [-0.05, 0) is 6.42 Å². The van der Waals surface area contributed by atoms with Crippen molar-refractivity contribution in [3.63, 3.8) is 0 Å². The van der Waals surface area contributed by atoms with Gasteiger partial charge in [0.15, 0.2) is 5.78 Å². The molecule has 0 bridgehead atoms. The highest BCUT2D eigenvalue weighted by Gasteiger charge is 2.30. The molecule has 0 spiro atoms. The second-order valence-corrected chi connectivity index (χ2v) is 2.25. The number of rotatable bonds is 1. The van der Waals surface area contributed by atoms with E-state index in [2.05, 4.69) is 0 Å². The smallest absolute Gasteiger partial charge is 0.177 e. The van der Waals surface area contributed by atoms with Gasteiger partial charge in [0.05, 0.1) is 12.1 Å². The SMILES string of the molecule is CCC1OCC(=O)C1N. The van der Waals surface area contributed by atoms with E-state index in [-0.39, 0.29) is 24.5 Å². The second-order valence-electron chi connectivity index (χ2n) is 2.25. The maximum atomic E-state index is 10.7. The van der Waals surface area contributed by atoms with Gasteiger partial charge < -0.3 is 10.5 Å². The summed E-state index contributed by atoms with van der Waals surface area (Å²) in [6, 6.07) is -0.366. The Bertz CT molecular complexity index is 124. The Morgan fingerprint density at radius 2 is 2.56 bits per heavy atom. The maximum absolute atomic E-state index is 10.7. The van der Waals surface area contributed by atoms with Gasteiger partial charge in [0.25, 0.3) is 0 Å². The molecule has 1 aliphatic rings. The molecule has 1 rings (SSSR count). The summed E-state index contributed by atoms with van der Waals surface area (Å²) in [5.74, 6) is 0.0295. The van der Waals surface area contributed by atoms with Crippen molar-refractivity contribution in [2.24, 2.45) is 5.73 Å². The lowest BCUT2D eigenvalue weighted by atomic mass is 10.1. The predicted molar refractivity (Wildman–Crippen MR) is 33.0 cm³/mol. The molecule has 1 fully saturated rings. The van der Waals surface area contributed by atoms with E-state index in [0.29, 0.717) is 0 Å². The zero-order chi connectivity index (χ0) is 6.85. The molecule has 2 unspecified atom stereocenters. The van der Waals surface area contributed by atoms with Crippen molar-refractivity contribution < 1.29 is 9.53 Å². The van der Waals surface area contributed by atoms with Gasteiger partial charge >= 0.3 is 0 Å². The molecule has 1 heterocycles. The quantitative estimate of drug-likeness (QED) is 0.528. The highest BCUT2D eigenvalue weighted by atomic mass is 16.5. The van der Waals surface area contributed by atoms with E-state index in [4.69, 9.17) is 10.5 Å². The van der Waals surface area contributed by atoms with Crippen LogP contribution in [-0.2, 0) is 9.53 Å². The minimum atomic E-state index is -0.366. The highest BCUT2D eigenvalue weighted by Crippen LogP contribution is 2.10. The largest absolute Gasteiger partial charge is 0.368 e. The minimum absolute atomic E-state index is 0.0295. The van der Waals surface area contributed by atoms with Gasteiger partial charge in [-0.2, -0.15) is 0 Å². The van der Waals surface area contributed by atoms with E-state index in [9.17, 15) is 4.79 Å². The van der Waals surface area contributed by atoms with Gasteiger partial charge in [0, 0.05) is 0 Å². The maximum Gasteiger partial charge on any atom is 0.177 e. The van der Waals surface area contributed by atoms with Crippen molar-refractivity contribution in [1.29, 1.82) is 0 Å². The number of carbonyl (C=O) groups is 1. The van der Waals surface area contributed by atoms with Gasteiger partial charge in [-0.1, -0.05) is 6.92 Å². The third-order valence-electron chi connectivity index (χ3n) is 1.61. The Balaban J connectivity index is 2.51. The molecule has 3 heteroatoms. The van der Waals surface area contributed by atoms with E-state index < -0.39 is 0 Å². The first-order valence-electron chi connectivity index (χ1n) is 3.15. The van der Waals surface area contributed by atoms with Crippen LogP contribution in [0.5, 0.6) is 0 Å². The third-order valence-corrected chi connectivity index (χ3v) is 1.61. The molecule has 0 aromatic carbocycles. The Morgan fingerprint density at radius 1 is 1.89 bits per heavy atom. The first-order valence-corrected chi connectivity index (χ1v) is 3.15. The predicted octanol–water partition coefficient (Wildman–Crippen LogP) is -0.308. The number of hydrogen-bond donors (Lipinski definition) is 1. The number of nitrogens with two attached hydrogens (primary N) is 1. The molecule has 0 aliphatic carbocycles. The van der Waals surface area contributed by atoms with Gasteiger partial charge in [-0.15, -0.1) is 0 Å². The number of hydrogen-bond acceptors (Lipinski definition) is 3. The van der Waals surface area contributed by atoms with Crippen molar-refractivity contribution in [3.8, 4) is 0 Å². The zero-order valence-corrected chi connectivity index (χ0v) is 5.46. The molecule has 9 heavy (non-hydrogen) atoms. The van der Waals surface area contributed by atoms with Gasteiger partial charge in [0.1, 0.15) is 6.61 Å². The summed E-state index contributed by atoms with van der Waals surface area (Å²) in [7, 11) is 0. The van der Waals surface area contributed by atoms with Crippen molar-refractivity contribution in [3.05, 3.63) is 0 Å². The van der Waals surface area contributed by atoms with E-state index in [1.165, 1.54) is 0 Å². The summed E-state index contributed by atoms with van der Waals surface area (Å²) < 4.78 is 5.05. The highest BCUT2D eigenvalue weighted by molar-refractivity contribution is 5.87. The average molecular weight is 129 g/mol. The first-order chi connectivity index (χ1) is 4.25. The number of carbonyl (C=O) groups excluding carboxylic acids is 1. The summed E-state index contributed by atoms with van der Waals surface area (Å²) in [5, 5.41) is 0. The molecular formula is C6H11NO2. The van der Waals surface area contributed by atoms with Crippen LogP contribution in [0.2, 0.25) is 0 Å². The lowest BCUT2D eigenvalue weighted by Crippen LogP contribution is -2.35. The molecule has 1 aliphatic heterocycles. The average Bonchev–Trinajstić information content (AvgIpc) is 2.15. The topological polar surface area (TPSA) is 52.3 Å². The minimum Gasteiger partial charge on any atom is -0.368 e. The first kappa shape index (κ1) is 6.71. The Kier molecular flexibility index (Phi) is 1.83. The molecule has 3 nitrogen and oxygen atoms in total. The molecule has 0 aromatic rings. The van der Waals surface area contributed by atoms with Gasteiger partial charge in [-0.25, -0.2) is 0 Å². The number of ketones is 1. The molecule has 0 aromatic heterocycles. The van der Waals surface area contributed by atoms with E-state index in [1.54, 1.807) is 0 Å². The van der Waals surface area contributed by atoms with Gasteiger partial charge in [0.2, 0.25) is 0 Å². The summed E-state index contributed by atoms with van der Waals surface area (Å²) in [5.41, 5.74) is 5.46. The molecule has 52 valence electrons. The van der Waals surface area contributed by atoms with Crippen molar-refractivity contribution in [2.45, 2.75) is 25.5 Å². The second kappa shape index (κ2) is 2.45. The third kappa shape index (κ3) is 1.11. The van der Waals surface area contributed by atoms with Crippen LogP contribution in [0.3, 0.4) is 0 Å². The summed E-state index contributed by atoms with van der Waals surface area (Å²) in [6.45, 7) is 2.17. The van der Waals surface area contributed by atoms with Crippen LogP contribution in [0.1, 0.15) is 13.3 Å². The lowest BCUT2D eigenvalue weighted by Gasteiger charge is -2.08. The van der Waals surface area contributed by atoms with Gasteiger partial charge in [-0.3, -0.25) is 4.79 Å². The lowest BCUT2D eigenvalue weighted by molar-refractivity contribution is -0.118. The molecule has 0 amide bonds. The van der Waals surface area contributed by atoms with Crippen LogP contribution in [-0.4, -0.2) is 24.5 Å². The normalized spacial score (nSPS) is 35.6. The van der Waals surface area contributed by atoms with E-state index >= 15 is 0 Å².